The zero-order valence-electron chi connectivity index (χ0n) is 17.8. The Hall–Kier alpha value is -3.53. The summed E-state index contributed by atoms with van der Waals surface area (Å²) in [6.45, 7) is -0.165. The minimum atomic E-state index is -0.557. The number of rotatable bonds is 7. The minimum Gasteiger partial charge on any atom is -0.497 e. The molecule has 1 amide bonds. The summed E-state index contributed by atoms with van der Waals surface area (Å²) in [6, 6.07) is 8.32. The lowest BCUT2D eigenvalue weighted by molar-refractivity contribution is -0.141. The lowest BCUT2D eigenvalue weighted by Gasteiger charge is -2.09. The van der Waals surface area contributed by atoms with E-state index in [9.17, 15) is 9.59 Å². The van der Waals surface area contributed by atoms with Gasteiger partial charge >= 0.3 is 5.97 Å². The first-order valence-electron chi connectivity index (χ1n) is 9.09. The molecule has 0 aliphatic heterocycles. The first-order chi connectivity index (χ1) is 15.0. The van der Waals surface area contributed by atoms with Crippen LogP contribution in [0.25, 0.3) is 10.2 Å². The molecule has 0 atom stereocenters. The van der Waals surface area contributed by atoms with Crippen molar-refractivity contribution in [2.24, 2.45) is 4.99 Å². The molecule has 3 rings (SSSR count). The first kappa shape index (κ1) is 22.2. The van der Waals surface area contributed by atoms with Gasteiger partial charge in [0.25, 0.3) is 5.91 Å². The summed E-state index contributed by atoms with van der Waals surface area (Å²) in [5.74, 6) is 0.846. The maximum Gasteiger partial charge on any atom is 0.325 e. The van der Waals surface area contributed by atoms with Crippen LogP contribution in [0.15, 0.2) is 35.3 Å². The fourth-order valence-electron chi connectivity index (χ4n) is 3.01. The van der Waals surface area contributed by atoms with E-state index >= 15 is 0 Å². The highest BCUT2D eigenvalue weighted by Gasteiger charge is 2.20. The van der Waals surface area contributed by atoms with Gasteiger partial charge in [-0.3, -0.25) is 9.59 Å². The summed E-state index contributed by atoms with van der Waals surface area (Å²) in [4.78, 5) is 29.7. The molecule has 10 heteroatoms. The van der Waals surface area contributed by atoms with Crippen LogP contribution in [-0.2, 0) is 16.1 Å². The molecule has 2 aromatic carbocycles. The van der Waals surface area contributed by atoms with Crippen LogP contribution < -0.4 is 23.7 Å². The van der Waals surface area contributed by atoms with Gasteiger partial charge < -0.3 is 28.3 Å². The van der Waals surface area contributed by atoms with Crippen LogP contribution in [0.3, 0.4) is 0 Å². The summed E-state index contributed by atoms with van der Waals surface area (Å²) >= 11 is 1.19. The molecular weight excluding hydrogens is 424 g/mol. The number of esters is 1. The zero-order valence-corrected chi connectivity index (χ0v) is 18.6. The van der Waals surface area contributed by atoms with Crippen molar-refractivity contribution in [2.45, 2.75) is 6.54 Å². The largest absolute Gasteiger partial charge is 0.497 e. The van der Waals surface area contributed by atoms with E-state index in [1.165, 1.54) is 46.9 Å². The molecule has 0 saturated carbocycles. The number of ether oxygens (including phenoxy) is 5. The van der Waals surface area contributed by atoms with Crippen molar-refractivity contribution < 1.29 is 33.3 Å². The van der Waals surface area contributed by atoms with E-state index in [1.54, 1.807) is 34.9 Å². The monoisotopic (exact) mass is 446 g/mol. The average Bonchev–Trinajstić information content (AvgIpc) is 3.15. The Morgan fingerprint density at radius 1 is 0.903 bits per heavy atom. The molecule has 3 aromatic rings. The van der Waals surface area contributed by atoms with E-state index in [0.717, 1.165) is 0 Å². The van der Waals surface area contributed by atoms with Crippen LogP contribution in [0.4, 0.5) is 0 Å². The highest BCUT2D eigenvalue weighted by atomic mass is 32.1. The van der Waals surface area contributed by atoms with E-state index in [0.29, 0.717) is 33.2 Å². The Kier molecular flexibility index (Phi) is 6.81. The molecule has 0 fully saturated rings. The minimum absolute atomic E-state index is 0.165. The van der Waals surface area contributed by atoms with Crippen LogP contribution in [0, 0.1) is 0 Å². The molecule has 9 nitrogen and oxygen atoms in total. The Bertz CT molecular complexity index is 1200. The predicted octanol–water partition coefficient (Wildman–Crippen LogP) is 2.65. The van der Waals surface area contributed by atoms with E-state index in [2.05, 4.69) is 4.99 Å². The Labute approximate surface area is 182 Å². The number of benzene rings is 2. The van der Waals surface area contributed by atoms with Crippen molar-refractivity contribution in [2.75, 3.05) is 35.5 Å². The van der Waals surface area contributed by atoms with Crippen LogP contribution in [0.1, 0.15) is 10.4 Å². The van der Waals surface area contributed by atoms with Gasteiger partial charge in [0.15, 0.2) is 4.80 Å². The molecule has 31 heavy (non-hydrogen) atoms. The second kappa shape index (κ2) is 9.52. The van der Waals surface area contributed by atoms with Crippen LogP contribution in [0.5, 0.6) is 23.0 Å². The predicted molar refractivity (Wildman–Crippen MR) is 114 cm³/mol. The third kappa shape index (κ3) is 4.33. The van der Waals surface area contributed by atoms with Gasteiger partial charge in [0, 0.05) is 0 Å². The molecule has 0 unspecified atom stereocenters. The number of hydrogen-bond donors (Lipinski definition) is 0. The highest BCUT2D eigenvalue weighted by molar-refractivity contribution is 7.16. The molecule has 0 aliphatic rings. The maximum absolute atomic E-state index is 13.1. The van der Waals surface area contributed by atoms with Gasteiger partial charge in [0.2, 0.25) is 0 Å². The van der Waals surface area contributed by atoms with Crippen molar-refractivity contribution in [3.05, 3.63) is 40.7 Å². The number of aromatic nitrogens is 1. The maximum atomic E-state index is 13.1. The van der Waals surface area contributed by atoms with Gasteiger partial charge in [-0.15, -0.1) is 0 Å². The number of nitrogens with zero attached hydrogens (tertiary/aromatic N) is 2. The summed E-state index contributed by atoms with van der Waals surface area (Å²) in [5, 5.41) is 0. The van der Waals surface area contributed by atoms with E-state index in [4.69, 9.17) is 23.7 Å². The van der Waals surface area contributed by atoms with E-state index < -0.39 is 11.9 Å². The fourth-order valence-corrected chi connectivity index (χ4v) is 4.14. The smallest absolute Gasteiger partial charge is 0.325 e. The standard InChI is InChI=1S/C21H22N2O7S/c1-26-12-6-7-14(27-2)13(10-12)20(25)22-21-23(11-17(24)30-5)18-15(28-3)8-9-16(29-4)19(18)31-21/h6-10H,11H2,1-5H3. The molecule has 164 valence electrons. The lowest BCUT2D eigenvalue weighted by Crippen LogP contribution is -2.22. The quantitative estimate of drug-likeness (QED) is 0.515. The molecule has 0 radical (unpaired) electrons. The fraction of sp³-hybridized carbons (Fsp3) is 0.286. The van der Waals surface area contributed by atoms with Crippen LogP contribution >= 0.6 is 11.3 Å². The van der Waals surface area contributed by atoms with Crippen molar-refractivity contribution >= 4 is 33.4 Å². The summed E-state index contributed by atoms with van der Waals surface area (Å²) in [7, 11) is 7.31. The Morgan fingerprint density at radius 3 is 2.16 bits per heavy atom. The molecule has 0 aliphatic carbocycles. The van der Waals surface area contributed by atoms with Crippen LogP contribution in [0.2, 0.25) is 0 Å². The van der Waals surface area contributed by atoms with E-state index in [-0.39, 0.29) is 16.9 Å². The molecule has 0 bridgehead atoms. The number of fused-ring (bicyclic) bond motifs is 1. The number of thiazole rings is 1. The Morgan fingerprint density at radius 2 is 1.55 bits per heavy atom. The second-order valence-corrected chi connectivity index (χ2v) is 7.16. The number of methoxy groups -OCH3 is 5. The topological polar surface area (TPSA) is 97.6 Å². The molecule has 0 saturated heterocycles. The van der Waals surface area contributed by atoms with Crippen molar-refractivity contribution in [1.29, 1.82) is 0 Å². The van der Waals surface area contributed by atoms with Gasteiger partial charge in [0.1, 0.15) is 39.8 Å². The normalized spacial score (nSPS) is 11.3. The van der Waals surface area contributed by atoms with Crippen LogP contribution in [-0.4, -0.2) is 52.0 Å². The SMILES string of the molecule is COC(=O)Cn1c(=NC(=O)c2cc(OC)ccc2OC)sc2c(OC)ccc(OC)c21. The van der Waals surface area contributed by atoms with Gasteiger partial charge in [-0.2, -0.15) is 4.99 Å². The first-order valence-corrected chi connectivity index (χ1v) is 9.91. The molecule has 0 N–H and O–H groups in total. The molecular formula is C21H22N2O7S. The summed E-state index contributed by atoms with van der Waals surface area (Å²) in [6.07, 6.45) is 0. The second-order valence-electron chi connectivity index (χ2n) is 6.18. The molecule has 1 aromatic heterocycles. The highest BCUT2D eigenvalue weighted by Crippen LogP contribution is 2.35. The lowest BCUT2D eigenvalue weighted by atomic mass is 10.2. The number of hydrogen-bond acceptors (Lipinski definition) is 8. The molecule has 1 heterocycles. The number of carbonyl (C=O) groups excluding carboxylic acids is 2. The van der Waals surface area contributed by atoms with Gasteiger partial charge in [-0.1, -0.05) is 11.3 Å². The summed E-state index contributed by atoms with van der Waals surface area (Å²) in [5.41, 5.74) is 0.796. The number of carbonyl (C=O) groups is 2. The third-order valence-corrected chi connectivity index (χ3v) is 5.63. The van der Waals surface area contributed by atoms with Crippen molar-refractivity contribution in [3.8, 4) is 23.0 Å². The third-order valence-electron chi connectivity index (χ3n) is 4.54. The zero-order chi connectivity index (χ0) is 22.5. The van der Waals surface area contributed by atoms with Gasteiger partial charge in [0.05, 0.1) is 41.1 Å². The number of amides is 1. The average molecular weight is 446 g/mol. The Balaban J connectivity index is 2.28. The van der Waals surface area contributed by atoms with Crippen molar-refractivity contribution in [3.63, 3.8) is 0 Å². The van der Waals surface area contributed by atoms with Gasteiger partial charge in [-0.05, 0) is 30.3 Å². The van der Waals surface area contributed by atoms with Crippen molar-refractivity contribution in [1.82, 2.24) is 4.57 Å². The summed E-state index contributed by atoms with van der Waals surface area (Å²) < 4.78 is 28.5. The molecule has 0 spiro atoms. The van der Waals surface area contributed by atoms with E-state index in [1.807, 2.05) is 0 Å². The van der Waals surface area contributed by atoms with Gasteiger partial charge in [-0.25, -0.2) is 0 Å².